The Hall–Kier alpha value is -2.70. The first-order valence-electron chi connectivity index (χ1n) is 6.10. The Kier molecular flexibility index (Phi) is 2.74. The van der Waals surface area contributed by atoms with Crippen LogP contribution in [0.15, 0.2) is 18.2 Å². The minimum Gasteiger partial charge on any atom is -0.504 e. The van der Waals surface area contributed by atoms with Crippen LogP contribution >= 0.6 is 0 Å². The SMILES string of the molecule is COc1cccc([C@@H]2NC(=O)c3n[nH]c(C)c3N2)c1O. The molecule has 1 amide bonds. The maximum Gasteiger partial charge on any atom is 0.275 e. The van der Waals surface area contributed by atoms with Gasteiger partial charge in [0.05, 0.1) is 18.5 Å². The molecular formula is C13H14N4O3. The normalized spacial score (nSPS) is 17.1. The molecule has 20 heavy (non-hydrogen) atoms. The number of rotatable bonds is 2. The Bertz CT molecular complexity index is 680. The molecule has 1 aliphatic heterocycles. The van der Waals surface area contributed by atoms with Crippen molar-refractivity contribution in [1.82, 2.24) is 15.5 Å². The van der Waals surface area contributed by atoms with Gasteiger partial charge in [0.25, 0.3) is 5.91 Å². The molecule has 0 unspecified atom stereocenters. The molecule has 0 radical (unpaired) electrons. The summed E-state index contributed by atoms with van der Waals surface area (Å²) < 4.78 is 5.07. The Morgan fingerprint density at radius 1 is 1.35 bits per heavy atom. The minimum atomic E-state index is -0.540. The van der Waals surface area contributed by atoms with Crippen molar-refractivity contribution in [3.05, 3.63) is 35.2 Å². The number of amides is 1. The number of aryl methyl sites for hydroxylation is 1. The van der Waals surface area contributed by atoms with Gasteiger partial charge in [0, 0.05) is 5.56 Å². The summed E-state index contributed by atoms with van der Waals surface area (Å²) in [6.07, 6.45) is -0.540. The number of phenolic OH excluding ortho intramolecular Hbond substituents is 1. The van der Waals surface area contributed by atoms with Crippen LogP contribution in [0.2, 0.25) is 0 Å². The molecule has 0 saturated carbocycles. The van der Waals surface area contributed by atoms with E-state index in [0.717, 1.165) is 5.69 Å². The van der Waals surface area contributed by atoms with Crippen molar-refractivity contribution in [2.24, 2.45) is 0 Å². The number of para-hydroxylation sites is 1. The van der Waals surface area contributed by atoms with E-state index < -0.39 is 6.17 Å². The van der Waals surface area contributed by atoms with Crippen molar-refractivity contribution in [1.29, 1.82) is 0 Å². The molecule has 0 aliphatic carbocycles. The lowest BCUT2D eigenvalue weighted by Crippen LogP contribution is -2.38. The number of H-pyrrole nitrogens is 1. The molecule has 1 aromatic heterocycles. The highest BCUT2D eigenvalue weighted by Crippen LogP contribution is 2.36. The number of nitrogens with one attached hydrogen (secondary N) is 3. The summed E-state index contributed by atoms with van der Waals surface area (Å²) in [6, 6.07) is 5.12. The van der Waals surface area contributed by atoms with Crippen LogP contribution in [0, 0.1) is 6.92 Å². The van der Waals surface area contributed by atoms with Gasteiger partial charge in [-0.2, -0.15) is 5.10 Å². The lowest BCUT2D eigenvalue weighted by atomic mass is 10.1. The number of carbonyl (C=O) groups is 1. The summed E-state index contributed by atoms with van der Waals surface area (Å²) in [5, 5.41) is 22.7. The standard InChI is InChI=1S/C13H14N4O3/c1-6-9-10(17-16-6)13(19)15-12(14-9)7-4-3-5-8(20-2)11(7)18/h3-5,12,14,18H,1-2H3,(H,15,19)(H,16,17)/t12-/m0/s1. The number of ether oxygens (including phenoxy) is 1. The Morgan fingerprint density at radius 3 is 2.90 bits per heavy atom. The number of fused-ring (bicyclic) bond motifs is 1. The van der Waals surface area contributed by atoms with Crippen LogP contribution < -0.4 is 15.4 Å². The molecule has 104 valence electrons. The number of hydrogen-bond donors (Lipinski definition) is 4. The van der Waals surface area contributed by atoms with E-state index in [1.54, 1.807) is 18.2 Å². The molecule has 0 bridgehead atoms. The highest BCUT2D eigenvalue weighted by atomic mass is 16.5. The maximum atomic E-state index is 12.0. The van der Waals surface area contributed by atoms with Gasteiger partial charge < -0.3 is 20.5 Å². The quantitative estimate of drug-likeness (QED) is 0.661. The molecule has 4 N–H and O–H groups in total. The average Bonchev–Trinajstić information content (AvgIpc) is 2.81. The molecule has 2 aromatic rings. The van der Waals surface area contributed by atoms with Crippen molar-refractivity contribution < 1.29 is 14.6 Å². The monoisotopic (exact) mass is 274 g/mol. The summed E-state index contributed by atoms with van der Waals surface area (Å²) in [5.41, 5.74) is 2.26. The van der Waals surface area contributed by atoms with E-state index in [1.165, 1.54) is 7.11 Å². The van der Waals surface area contributed by atoms with Gasteiger partial charge in [-0.15, -0.1) is 0 Å². The van der Waals surface area contributed by atoms with Crippen LogP contribution in [-0.4, -0.2) is 28.3 Å². The van der Waals surface area contributed by atoms with Gasteiger partial charge >= 0.3 is 0 Å². The summed E-state index contributed by atoms with van der Waals surface area (Å²) in [6.45, 7) is 1.82. The van der Waals surface area contributed by atoms with Gasteiger partial charge in [0.1, 0.15) is 6.17 Å². The number of aromatic hydroxyl groups is 1. The predicted octanol–water partition coefficient (Wildman–Crippen LogP) is 1.29. The van der Waals surface area contributed by atoms with Crippen molar-refractivity contribution in [2.45, 2.75) is 13.1 Å². The van der Waals surface area contributed by atoms with E-state index >= 15 is 0 Å². The van der Waals surface area contributed by atoms with E-state index in [4.69, 9.17) is 4.74 Å². The number of methoxy groups -OCH3 is 1. The summed E-state index contributed by atoms with van der Waals surface area (Å²) >= 11 is 0. The number of aromatic nitrogens is 2. The molecule has 1 aromatic carbocycles. The number of carbonyl (C=O) groups excluding carboxylic acids is 1. The van der Waals surface area contributed by atoms with Gasteiger partial charge in [-0.25, -0.2) is 0 Å². The highest BCUT2D eigenvalue weighted by Gasteiger charge is 2.30. The second-order valence-corrected chi connectivity index (χ2v) is 4.52. The van der Waals surface area contributed by atoms with Crippen molar-refractivity contribution in [3.8, 4) is 11.5 Å². The van der Waals surface area contributed by atoms with Gasteiger partial charge in [0.2, 0.25) is 0 Å². The first-order valence-corrected chi connectivity index (χ1v) is 6.10. The lowest BCUT2D eigenvalue weighted by molar-refractivity contribution is 0.0930. The van der Waals surface area contributed by atoms with E-state index in [2.05, 4.69) is 20.8 Å². The smallest absolute Gasteiger partial charge is 0.275 e. The summed E-state index contributed by atoms with van der Waals surface area (Å²) in [7, 11) is 1.48. The Labute approximate surface area is 115 Å². The third-order valence-electron chi connectivity index (χ3n) is 3.29. The van der Waals surface area contributed by atoms with Crippen molar-refractivity contribution in [3.63, 3.8) is 0 Å². The lowest BCUT2D eigenvalue weighted by Gasteiger charge is -2.26. The van der Waals surface area contributed by atoms with E-state index in [0.29, 0.717) is 22.7 Å². The zero-order chi connectivity index (χ0) is 14.3. The Morgan fingerprint density at radius 2 is 2.15 bits per heavy atom. The van der Waals surface area contributed by atoms with Crippen LogP contribution in [0.4, 0.5) is 5.69 Å². The fraction of sp³-hybridized carbons (Fsp3) is 0.231. The topological polar surface area (TPSA) is 99.3 Å². The number of aromatic amines is 1. The molecule has 1 atom stereocenters. The third kappa shape index (κ3) is 1.75. The molecule has 1 aliphatic rings. The summed E-state index contributed by atoms with van der Waals surface area (Å²) in [4.78, 5) is 12.0. The first kappa shape index (κ1) is 12.3. The van der Waals surface area contributed by atoms with Crippen molar-refractivity contribution >= 4 is 11.6 Å². The first-order chi connectivity index (χ1) is 9.61. The van der Waals surface area contributed by atoms with E-state index in [9.17, 15) is 9.90 Å². The van der Waals surface area contributed by atoms with Crippen LogP contribution in [0.25, 0.3) is 0 Å². The van der Waals surface area contributed by atoms with Crippen LogP contribution in [0.3, 0.4) is 0 Å². The molecule has 0 fully saturated rings. The maximum absolute atomic E-state index is 12.0. The highest BCUT2D eigenvalue weighted by molar-refractivity contribution is 6.00. The largest absolute Gasteiger partial charge is 0.504 e. The van der Waals surface area contributed by atoms with Crippen LogP contribution in [0.5, 0.6) is 11.5 Å². The molecule has 2 heterocycles. The van der Waals surface area contributed by atoms with Gasteiger partial charge in [-0.05, 0) is 13.0 Å². The number of nitrogens with zero attached hydrogens (tertiary/aromatic N) is 1. The Balaban J connectivity index is 2.02. The van der Waals surface area contributed by atoms with E-state index in [-0.39, 0.29) is 11.7 Å². The van der Waals surface area contributed by atoms with Gasteiger partial charge in [-0.1, -0.05) is 12.1 Å². The number of phenols is 1. The minimum absolute atomic E-state index is 0.00241. The van der Waals surface area contributed by atoms with Crippen LogP contribution in [-0.2, 0) is 0 Å². The third-order valence-corrected chi connectivity index (χ3v) is 3.29. The van der Waals surface area contributed by atoms with Gasteiger partial charge in [0.15, 0.2) is 17.2 Å². The second-order valence-electron chi connectivity index (χ2n) is 4.52. The zero-order valence-corrected chi connectivity index (χ0v) is 11.0. The van der Waals surface area contributed by atoms with Crippen molar-refractivity contribution in [2.75, 3.05) is 12.4 Å². The zero-order valence-electron chi connectivity index (χ0n) is 11.0. The fourth-order valence-electron chi connectivity index (χ4n) is 2.24. The molecule has 7 heteroatoms. The molecular weight excluding hydrogens is 260 g/mol. The predicted molar refractivity (Wildman–Crippen MR) is 71.8 cm³/mol. The van der Waals surface area contributed by atoms with Gasteiger partial charge in [-0.3, -0.25) is 9.89 Å². The average molecular weight is 274 g/mol. The fourth-order valence-corrected chi connectivity index (χ4v) is 2.24. The number of hydrogen-bond acceptors (Lipinski definition) is 5. The van der Waals surface area contributed by atoms with E-state index in [1.807, 2.05) is 6.92 Å². The van der Waals surface area contributed by atoms with Crippen LogP contribution in [0.1, 0.15) is 27.9 Å². The summed E-state index contributed by atoms with van der Waals surface area (Å²) in [5.74, 6) is 0.0565. The molecule has 0 spiro atoms. The number of anilines is 1. The number of benzene rings is 1. The molecule has 3 rings (SSSR count). The molecule has 0 saturated heterocycles. The molecule has 7 nitrogen and oxygen atoms in total. The second kappa shape index (κ2) is 4.44.